The van der Waals surface area contributed by atoms with Gasteiger partial charge < -0.3 is 45.5 Å². The summed E-state index contributed by atoms with van der Waals surface area (Å²) in [6.45, 7) is 3.68. The summed E-state index contributed by atoms with van der Waals surface area (Å²) in [5, 5.41) is 51.1. The van der Waals surface area contributed by atoms with Gasteiger partial charge in [-0.1, -0.05) is 187 Å². The van der Waals surface area contributed by atoms with Crippen LogP contribution >= 0.6 is 0 Å². The molecule has 0 aromatic rings. The highest BCUT2D eigenvalue weighted by Crippen LogP contribution is 2.23. The van der Waals surface area contributed by atoms with Crippen LogP contribution in [0.25, 0.3) is 0 Å². The Morgan fingerprint density at radius 2 is 0.981 bits per heavy atom. The maximum absolute atomic E-state index is 12.9. The highest BCUT2D eigenvalue weighted by molar-refractivity contribution is 5.69. The van der Waals surface area contributed by atoms with Gasteiger partial charge in [0.2, 0.25) is 0 Å². The van der Waals surface area contributed by atoms with Gasteiger partial charge in [-0.25, -0.2) is 0 Å². The van der Waals surface area contributed by atoms with E-state index in [1.807, 2.05) is 0 Å². The Morgan fingerprint density at radius 3 is 1.39 bits per heavy atom. The fourth-order valence-electron chi connectivity index (χ4n) is 7.49. The quantitative estimate of drug-likeness (QED) is 0.0264. The lowest BCUT2D eigenvalue weighted by Gasteiger charge is -2.40. The first-order valence-electron chi connectivity index (χ1n) is 22.8. The minimum absolute atomic E-state index is 0.254. The molecule has 0 bridgehead atoms. The molecule has 10 heteroatoms. The van der Waals surface area contributed by atoms with Gasteiger partial charge in [0.1, 0.15) is 36.6 Å². The molecule has 1 aliphatic rings. The lowest BCUT2D eigenvalue weighted by atomic mass is 9.98. The number of esters is 1. The van der Waals surface area contributed by atoms with Crippen molar-refractivity contribution in [1.29, 1.82) is 0 Å². The van der Waals surface area contributed by atoms with Crippen molar-refractivity contribution in [3.8, 4) is 0 Å². The second-order valence-electron chi connectivity index (χ2n) is 16.3. The maximum atomic E-state index is 12.9. The molecule has 1 rings (SSSR count). The highest BCUT2D eigenvalue weighted by atomic mass is 16.7. The van der Waals surface area contributed by atoms with E-state index in [1.54, 1.807) is 0 Å². The number of carbonyl (C=O) groups excluding carboxylic acids is 1. The zero-order valence-corrected chi connectivity index (χ0v) is 34.9. The average molecular weight is 774 g/mol. The highest BCUT2D eigenvalue weighted by Gasteiger charge is 2.44. The minimum Gasteiger partial charge on any atom is -0.460 e. The normalized spacial score (nSPS) is 22.0. The van der Waals surface area contributed by atoms with Gasteiger partial charge in [-0.05, 0) is 19.3 Å². The first-order valence-corrected chi connectivity index (χ1v) is 22.8. The number of aliphatic hydroxyl groups excluding tert-OH is 5. The smallest absolute Gasteiger partial charge is 0.306 e. The van der Waals surface area contributed by atoms with Crippen molar-refractivity contribution in [2.24, 2.45) is 5.73 Å². The van der Waals surface area contributed by atoms with E-state index in [1.165, 1.54) is 148 Å². The van der Waals surface area contributed by atoms with E-state index in [-0.39, 0.29) is 12.6 Å². The molecule has 0 saturated carbocycles. The van der Waals surface area contributed by atoms with Crippen LogP contribution in [-0.4, -0.2) is 93.7 Å². The molecule has 54 heavy (non-hydrogen) atoms. The van der Waals surface area contributed by atoms with Crippen LogP contribution in [-0.2, 0) is 19.0 Å². The Bertz CT molecular complexity index is 834. The fraction of sp³-hybridized carbons (Fsp3) is 0.977. The molecule has 10 nitrogen and oxygen atoms in total. The van der Waals surface area contributed by atoms with Crippen LogP contribution < -0.4 is 5.73 Å². The Morgan fingerprint density at radius 1 is 0.593 bits per heavy atom. The van der Waals surface area contributed by atoms with Gasteiger partial charge in [-0.2, -0.15) is 0 Å². The zero-order chi connectivity index (χ0) is 39.7. The van der Waals surface area contributed by atoms with Crippen molar-refractivity contribution in [2.45, 2.75) is 262 Å². The molecule has 0 aliphatic carbocycles. The van der Waals surface area contributed by atoms with Gasteiger partial charge in [0.15, 0.2) is 6.29 Å². The molecule has 0 aromatic carbocycles. The number of ether oxygens (including phenoxy) is 3. The number of nitrogens with two attached hydrogens (primary N) is 1. The lowest BCUT2D eigenvalue weighted by molar-refractivity contribution is -0.302. The second-order valence-corrected chi connectivity index (χ2v) is 16.3. The summed E-state index contributed by atoms with van der Waals surface area (Å²) >= 11 is 0. The van der Waals surface area contributed by atoms with Gasteiger partial charge in [0, 0.05) is 6.42 Å². The molecule has 0 radical (unpaired) electrons. The Kier molecular flexibility index (Phi) is 33.5. The van der Waals surface area contributed by atoms with E-state index in [4.69, 9.17) is 19.9 Å². The van der Waals surface area contributed by atoms with E-state index >= 15 is 0 Å². The number of carbonyl (C=O) groups is 1. The number of aliphatic hydroxyl groups is 5. The number of rotatable bonds is 38. The molecule has 1 heterocycles. The average Bonchev–Trinajstić information content (AvgIpc) is 3.17. The summed E-state index contributed by atoms with van der Waals surface area (Å²) in [4.78, 5) is 12.9. The summed E-state index contributed by atoms with van der Waals surface area (Å²) in [5.41, 5.74) is 6.30. The van der Waals surface area contributed by atoms with Gasteiger partial charge in [-0.15, -0.1) is 0 Å². The third-order valence-electron chi connectivity index (χ3n) is 11.2. The standard InChI is InChI=1S/C44H87NO9/c1-3-5-7-9-11-13-15-17-18-19-20-21-23-25-27-29-31-33-39(47)53-37(32-30-28-26-24-22-16-14-12-10-8-6-4-2)40(48)36(45)35-52-44-43(51)42(50)41(49)38(34-46)54-44/h36-38,40-44,46,48-51H,3-35,45H2,1-2H3/t36-,37+,38+,40-,41-,42-,43+,44-/m0/s1. The number of hydrogen-bond donors (Lipinski definition) is 6. The summed E-state index contributed by atoms with van der Waals surface area (Å²) < 4.78 is 16.8. The zero-order valence-electron chi connectivity index (χ0n) is 34.9. The predicted molar refractivity (Wildman–Crippen MR) is 218 cm³/mol. The van der Waals surface area contributed by atoms with Gasteiger partial charge in [-0.3, -0.25) is 4.79 Å². The lowest BCUT2D eigenvalue weighted by Crippen LogP contribution is -2.60. The molecular weight excluding hydrogens is 686 g/mol. The molecule has 0 spiro atoms. The van der Waals surface area contributed by atoms with Crippen molar-refractivity contribution in [2.75, 3.05) is 13.2 Å². The third kappa shape index (κ3) is 25.4. The topological polar surface area (TPSA) is 172 Å². The molecule has 1 saturated heterocycles. The van der Waals surface area contributed by atoms with Crippen LogP contribution in [0.5, 0.6) is 0 Å². The summed E-state index contributed by atoms with van der Waals surface area (Å²) in [5.74, 6) is -0.332. The summed E-state index contributed by atoms with van der Waals surface area (Å²) in [7, 11) is 0. The molecule has 0 unspecified atom stereocenters. The van der Waals surface area contributed by atoms with Crippen molar-refractivity contribution in [3.05, 3.63) is 0 Å². The van der Waals surface area contributed by atoms with Crippen LogP contribution in [0.1, 0.15) is 213 Å². The molecular formula is C44H87NO9. The van der Waals surface area contributed by atoms with E-state index < -0.39 is 55.6 Å². The molecule has 0 amide bonds. The van der Waals surface area contributed by atoms with E-state index in [0.717, 1.165) is 38.5 Å². The predicted octanol–water partition coefficient (Wildman–Crippen LogP) is 8.54. The van der Waals surface area contributed by atoms with Gasteiger partial charge in [0.25, 0.3) is 0 Å². The van der Waals surface area contributed by atoms with Gasteiger partial charge in [0.05, 0.1) is 19.3 Å². The Hall–Kier alpha value is -0.850. The molecule has 0 aromatic heterocycles. The van der Waals surface area contributed by atoms with E-state index in [9.17, 15) is 30.3 Å². The van der Waals surface area contributed by atoms with Gasteiger partial charge >= 0.3 is 5.97 Å². The van der Waals surface area contributed by atoms with Crippen LogP contribution in [0.4, 0.5) is 0 Å². The molecule has 322 valence electrons. The Labute approximate surface area is 330 Å². The van der Waals surface area contributed by atoms with Crippen molar-refractivity contribution in [1.82, 2.24) is 0 Å². The monoisotopic (exact) mass is 774 g/mol. The summed E-state index contributed by atoms with van der Waals surface area (Å²) in [6.07, 6.45) is 27.8. The van der Waals surface area contributed by atoms with Crippen LogP contribution in [0.15, 0.2) is 0 Å². The van der Waals surface area contributed by atoms with Crippen LogP contribution in [0.3, 0.4) is 0 Å². The Balaban J connectivity index is 2.38. The van der Waals surface area contributed by atoms with Crippen molar-refractivity contribution < 1.29 is 44.5 Å². The molecule has 1 aliphatic heterocycles. The second kappa shape index (κ2) is 35.3. The maximum Gasteiger partial charge on any atom is 0.306 e. The molecule has 1 fully saturated rings. The molecule has 7 N–H and O–H groups in total. The van der Waals surface area contributed by atoms with Crippen molar-refractivity contribution in [3.63, 3.8) is 0 Å². The van der Waals surface area contributed by atoms with E-state index in [2.05, 4.69) is 13.8 Å². The summed E-state index contributed by atoms with van der Waals surface area (Å²) in [6, 6.07) is -0.965. The minimum atomic E-state index is -1.57. The van der Waals surface area contributed by atoms with Crippen LogP contribution in [0.2, 0.25) is 0 Å². The largest absolute Gasteiger partial charge is 0.460 e. The number of hydrogen-bond acceptors (Lipinski definition) is 10. The fourth-order valence-corrected chi connectivity index (χ4v) is 7.49. The third-order valence-corrected chi connectivity index (χ3v) is 11.2. The number of unbranched alkanes of at least 4 members (excludes halogenated alkanes) is 27. The molecule has 8 atom stereocenters. The first kappa shape index (κ1) is 51.2. The SMILES string of the molecule is CCCCCCCCCCCCCCCCCCCC(=O)O[C@H](CCCCCCCCCCCCCC)[C@@H](O)[C@@H](N)CO[C@H]1O[C@H](CO)[C@H](O)[C@H](O)[C@H]1O. The van der Waals surface area contributed by atoms with Crippen molar-refractivity contribution >= 4 is 5.97 Å². The van der Waals surface area contributed by atoms with E-state index in [0.29, 0.717) is 12.8 Å². The first-order chi connectivity index (χ1) is 26.3. The van der Waals surface area contributed by atoms with Crippen LogP contribution in [0, 0.1) is 0 Å².